The van der Waals surface area contributed by atoms with E-state index in [-0.39, 0.29) is 5.82 Å². The van der Waals surface area contributed by atoms with Gasteiger partial charge in [0.2, 0.25) is 0 Å². The molecule has 6 heteroatoms. The third-order valence-corrected chi connectivity index (χ3v) is 2.56. The van der Waals surface area contributed by atoms with Crippen LogP contribution in [0.1, 0.15) is 12.7 Å². The molecule has 0 saturated heterocycles. The van der Waals surface area contributed by atoms with Gasteiger partial charge in [-0.15, -0.1) is 0 Å². The Kier molecular flexibility index (Phi) is 4.22. The van der Waals surface area contributed by atoms with Crippen molar-refractivity contribution in [1.29, 1.82) is 0 Å². The van der Waals surface area contributed by atoms with Gasteiger partial charge in [0.1, 0.15) is 18.1 Å². The molecule has 0 aliphatic heterocycles. The molecule has 1 aromatic heterocycles. The van der Waals surface area contributed by atoms with Crippen LogP contribution in [0.5, 0.6) is 0 Å². The average Bonchev–Trinajstić information content (AvgIpc) is 2.38. The van der Waals surface area contributed by atoms with Gasteiger partial charge in [-0.05, 0) is 6.92 Å². The van der Waals surface area contributed by atoms with Crippen LogP contribution in [0.15, 0.2) is 36.4 Å². The highest BCUT2D eigenvalue weighted by atomic mass is 19.4. The predicted molar refractivity (Wildman–Crippen MR) is 71.4 cm³/mol. The Bertz CT molecular complexity index is 568. The summed E-state index contributed by atoms with van der Waals surface area (Å²) < 4.78 is 37.5. The van der Waals surface area contributed by atoms with Crippen LogP contribution in [0.25, 0.3) is 11.3 Å². The molecule has 0 spiro atoms. The van der Waals surface area contributed by atoms with Gasteiger partial charge in [0, 0.05) is 18.2 Å². The summed E-state index contributed by atoms with van der Waals surface area (Å²) in [4.78, 5) is 7.89. The zero-order chi connectivity index (χ0) is 14.6. The lowest BCUT2D eigenvalue weighted by Crippen LogP contribution is -2.15. The van der Waals surface area contributed by atoms with Crippen molar-refractivity contribution in [1.82, 2.24) is 9.97 Å². The minimum absolute atomic E-state index is 0.227. The zero-order valence-corrected chi connectivity index (χ0v) is 10.9. The predicted octanol–water partition coefficient (Wildman–Crippen LogP) is 3.68. The first-order valence-corrected chi connectivity index (χ1v) is 6.22. The fraction of sp³-hybridized carbons (Fsp3) is 0.286. The molecule has 0 aliphatic carbocycles. The Morgan fingerprint density at radius 2 is 1.80 bits per heavy atom. The van der Waals surface area contributed by atoms with Gasteiger partial charge < -0.3 is 5.32 Å². The fourth-order valence-corrected chi connectivity index (χ4v) is 1.78. The molecule has 0 unspecified atom stereocenters. The quantitative estimate of drug-likeness (QED) is 0.929. The first kappa shape index (κ1) is 14.3. The molecule has 20 heavy (non-hydrogen) atoms. The van der Waals surface area contributed by atoms with Gasteiger partial charge in [-0.1, -0.05) is 30.3 Å². The molecular weight excluding hydrogens is 267 g/mol. The van der Waals surface area contributed by atoms with Crippen LogP contribution in [0, 0.1) is 0 Å². The van der Waals surface area contributed by atoms with Gasteiger partial charge in [-0.3, -0.25) is 0 Å². The Morgan fingerprint density at radius 1 is 1.10 bits per heavy atom. The number of anilines is 1. The number of halogens is 3. The topological polar surface area (TPSA) is 37.8 Å². The summed E-state index contributed by atoms with van der Waals surface area (Å²) >= 11 is 0. The van der Waals surface area contributed by atoms with E-state index in [0.717, 1.165) is 5.56 Å². The maximum atomic E-state index is 12.5. The molecule has 0 fully saturated rings. The second kappa shape index (κ2) is 5.90. The summed E-state index contributed by atoms with van der Waals surface area (Å²) in [7, 11) is 0. The summed E-state index contributed by atoms with van der Waals surface area (Å²) in [5.74, 6) is 0.176. The number of alkyl halides is 3. The second-order valence-corrected chi connectivity index (χ2v) is 4.24. The minimum Gasteiger partial charge on any atom is -0.370 e. The maximum Gasteiger partial charge on any atom is 0.396 e. The van der Waals surface area contributed by atoms with Crippen LogP contribution in [0.4, 0.5) is 19.0 Å². The molecule has 0 atom stereocenters. The van der Waals surface area contributed by atoms with E-state index in [4.69, 9.17) is 0 Å². The first-order chi connectivity index (χ1) is 9.48. The Labute approximate surface area is 114 Å². The van der Waals surface area contributed by atoms with E-state index in [9.17, 15) is 13.2 Å². The fourth-order valence-electron chi connectivity index (χ4n) is 1.78. The Balaban J connectivity index is 2.41. The molecule has 3 nitrogen and oxygen atoms in total. The smallest absolute Gasteiger partial charge is 0.370 e. The maximum absolute atomic E-state index is 12.5. The van der Waals surface area contributed by atoms with Crippen molar-refractivity contribution in [3.63, 3.8) is 0 Å². The van der Waals surface area contributed by atoms with Crippen molar-refractivity contribution >= 4 is 5.82 Å². The number of benzene rings is 1. The van der Waals surface area contributed by atoms with Gasteiger partial charge in [0.25, 0.3) is 0 Å². The molecule has 0 amide bonds. The first-order valence-electron chi connectivity index (χ1n) is 6.22. The number of aromatic nitrogens is 2. The summed E-state index contributed by atoms with van der Waals surface area (Å²) in [5.41, 5.74) is 1.24. The normalized spacial score (nSPS) is 11.4. The van der Waals surface area contributed by atoms with Gasteiger partial charge in [0.15, 0.2) is 0 Å². The van der Waals surface area contributed by atoms with Crippen molar-refractivity contribution in [3.05, 3.63) is 42.2 Å². The lowest BCUT2D eigenvalue weighted by Gasteiger charge is -2.10. The van der Waals surface area contributed by atoms with Gasteiger partial charge >= 0.3 is 6.18 Å². The van der Waals surface area contributed by atoms with E-state index >= 15 is 0 Å². The lowest BCUT2D eigenvalue weighted by atomic mass is 10.1. The molecule has 1 aromatic carbocycles. The van der Waals surface area contributed by atoms with Crippen molar-refractivity contribution in [2.45, 2.75) is 19.5 Å². The second-order valence-electron chi connectivity index (χ2n) is 4.24. The lowest BCUT2D eigenvalue weighted by molar-refractivity contribution is -0.128. The summed E-state index contributed by atoms with van der Waals surface area (Å²) in [6.07, 6.45) is -5.45. The molecule has 1 heterocycles. The van der Waals surface area contributed by atoms with Crippen LogP contribution in [0.2, 0.25) is 0 Å². The van der Waals surface area contributed by atoms with Gasteiger partial charge in [0.05, 0.1) is 5.69 Å². The standard InChI is InChI=1S/C14H14F3N3/c1-2-18-12-8-11(10-6-4-3-5-7-10)19-13(20-12)9-14(15,16)17/h3-8H,2,9H2,1H3,(H,18,19,20). The van der Waals surface area contributed by atoms with Crippen LogP contribution in [0.3, 0.4) is 0 Å². The van der Waals surface area contributed by atoms with Crippen molar-refractivity contribution in [3.8, 4) is 11.3 Å². The monoisotopic (exact) mass is 281 g/mol. The highest BCUT2D eigenvalue weighted by Crippen LogP contribution is 2.24. The van der Waals surface area contributed by atoms with E-state index in [1.165, 1.54) is 0 Å². The molecule has 2 rings (SSSR count). The van der Waals surface area contributed by atoms with Crippen LogP contribution in [-0.2, 0) is 6.42 Å². The minimum atomic E-state index is -4.32. The summed E-state index contributed by atoms with van der Waals surface area (Å²) in [5, 5.41) is 2.93. The summed E-state index contributed by atoms with van der Waals surface area (Å²) in [6.45, 7) is 2.43. The highest BCUT2D eigenvalue weighted by molar-refractivity contribution is 5.62. The van der Waals surface area contributed by atoms with Crippen LogP contribution < -0.4 is 5.32 Å². The van der Waals surface area contributed by atoms with E-state index in [1.807, 2.05) is 25.1 Å². The zero-order valence-electron chi connectivity index (χ0n) is 10.9. The SMILES string of the molecule is CCNc1cc(-c2ccccc2)nc(CC(F)(F)F)n1. The third-order valence-electron chi connectivity index (χ3n) is 2.56. The van der Waals surface area contributed by atoms with E-state index in [0.29, 0.717) is 18.1 Å². The third kappa shape index (κ3) is 3.94. The van der Waals surface area contributed by atoms with Gasteiger partial charge in [-0.25, -0.2) is 9.97 Å². The molecule has 0 radical (unpaired) electrons. The van der Waals surface area contributed by atoms with Crippen molar-refractivity contribution in [2.24, 2.45) is 0 Å². The Hall–Kier alpha value is -2.11. The van der Waals surface area contributed by atoms with Crippen molar-refractivity contribution < 1.29 is 13.2 Å². The molecule has 2 aromatic rings. The van der Waals surface area contributed by atoms with E-state index in [2.05, 4.69) is 15.3 Å². The number of nitrogens with one attached hydrogen (secondary N) is 1. The highest BCUT2D eigenvalue weighted by Gasteiger charge is 2.29. The molecule has 1 N–H and O–H groups in total. The largest absolute Gasteiger partial charge is 0.396 e. The molecule has 0 bridgehead atoms. The number of hydrogen-bond acceptors (Lipinski definition) is 3. The van der Waals surface area contributed by atoms with Crippen LogP contribution >= 0.6 is 0 Å². The van der Waals surface area contributed by atoms with E-state index < -0.39 is 12.6 Å². The molecule has 0 aliphatic rings. The molecular formula is C14H14F3N3. The summed E-state index contributed by atoms with van der Waals surface area (Å²) in [6, 6.07) is 10.7. The average molecular weight is 281 g/mol. The van der Waals surface area contributed by atoms with E-state index in [1.54, 1.807) is 18.2 Å². The number of rotatable bonds is 4. The number of hydrogen-bond donors (Lipinski definition) is 1. The number of nitrogens with zero attached hydrogens (tertiary/aromatic N) is 2. The van der Waals surface area contributed by atoms with Gasteiger partial charge in [-0.2, -0.15) is 13.2 Å². The van der Waals surface area contributed by atoms with Crippen LogP contribution in [-0.4, -0.2) is 22.7 Å². The Morgan fingerprint density at radius 3 is 2.40 bits per heavy atom. The molecule has 106 valence electrons. The van der Waals surface area contributed by atoms with Crippen molar-refractivity contribution in [2.75, 3.05) is 11.9 Å². The molecule has 0 saturated carbocycles.